The number of hydrogen-bond acceptors (Lipinski definition) is 3. The molecule has 96 valence electrons. The quantitative estimate of drug-likeness (QED) is 0.712. The van der Waals surface area contributed by atoms with Gasteiger partial charge in [-0.25, -0.2) is 8.42 Å². The first-order valence-electron chi connectivity index (χ1n) is 6.42. The zero-order valence-corrected chi connectivity index (χ0v) is 11.5. The van der Waals surface area contributed by atoms with Gasteiger partial charge in [0.25, 0.3) is 0 Å². The molecule has 1 aliphatic carbocycles. The third kappa shape index (κ3) is 4.83. The van der Waals surface area contributed by atoms with E-state index in [0.29, 0.717) is 17.4 Å². The number of rotatable bonds is 8. The first-order chi connectivity index (χ1) is 7.48. The van der Waals surface area contributed by atoms with Crippen LogP contribution in [0.2, 0.25) is 0 Å². The number of sulfone groups is 1. The van der Waals surface area contributed by atoms with Crippen molar-refractivity contribution in [2.45, 2.75) is 46.1 Å². The highest BCUT2D eigenvalue weighted by Crippen LogP contribution is 2.33. The maximum atomic E-state index is 12.0. The molecule has 0 spiro atoms. The van der Waals surface area contributed by atoms with Crippen LogP contribution in [0.1, 0.15) is 40.0 Å². The van der Waals surface area contributed by atoms with Crippen LogP contribution in [0, 0.1) is 11.8 Å². The zero-order chi connectivity index (χ0) is 12.2. The van der Waals surface area contributed by atoms with Crippen LogP contribution in [-0.4, -0.2) is 32.5 Å². The van der Waals surface area contributed by atoms with Crippen LogP contribution in [-0.2, 0) is 9.84 Å². The first-order valence-corrected chi connectivity index (χ1v) is 8.24. The molecule has 3 nitrogen and oxygen atoms in total. The number of nitrogens with one attached hydrogen (secondary N) is 1. The molecule has 1 aliphatic rings. The maximum absolute atomic E-state index is 12.0. The molecule has 16 heavy (non-hydrogen) atoms. The van der Waals surface area contributed by atoms with Gasteiger partial charge in [0.15, 0.2) is 9.84 Å². The minimum absolute atomic E-state index is 0.194. The zero-order valence-electron chi connectivity index (χ0n) is 10.7. The molecule has 1 rings (SSSR count). The summed E-state index contributed by atoms with van der Waals surface area (Å²) in [5.41, 5.74) is 0. The smallest absolute Gasteiger partial charge is 0.152 e. The van der Waals surface area contributed by atoms with Crippen molar-refractivity contribution in [3.05, 3.63) is 0 Å². The molecule has 0 radical (unpaired) electrons. The van der Waals surface area contributed by atoms with E-state index in [1.807, 2.05) is 20.8 Å². The van der Waals surface area contributed by atoms with Gasteiger partial charge in [-0.05, 0) is 31.2 Å². The Balaban J connectivity index is 2.48. The van der Waals surface area contributed by atoms with E-state index in [1.54, 1.807) is 0 Å². The van der Waals surface area contributed by atoms with Crippen LogP contribution in [0.5, 0.6) is 0 Å². The van der Waals surface area contributed by atoms with E-state index >= 15 is 0 Å². The van der Waals surface area contributed by atoms with Crippen molar-refractivity contribution in [1.82, 2.24) is 5.32 Å². The molecule has 1 N–H and O–H groups in total. The topological polar surface area (TPSA) is 46.2 Å². The summed E-state index contributed by atoms with van der Waals surface area (Å²) < 4.78 is 24.0. The highest BCUT2D eigenvalue weighted by molar-refractivity contribution is 7.91. The fourth-order valence-corrected chi connectivity index (χ4v) is 4.19. The van der Waals surface area contributed by atoms with Gasteiger partial charge >= 0.3 is 0 Å². The van der Waals surface area contributed by atoms with Gasteiger partial charge < -0.3 is 5.32 Å². The Bertz CT molecular complexity index is 296. The summed E-state index contributed by atoms with van der Waals surface area (Å²) in [6, 6.07) is 0.194. The normalized spacial score (nSPS) is 20.7. The third-order valence-electron chi connectivity index (χ3n) is 3.33. The van der Waals surface area contributed by atoms with Crippen LogP contribution >= 0.6 is 0 Å². The monoisotopic (exact) mass is 247 g/mol. The minimum Gasteiger partial charge on any atom is -0.313 e. The van der Waals surface area contributed by atoms with E-state index in [-0.39, 0.29) is 12.0 Å². The van der Waals surface area contributed by atoms with E-state index < -0.39 is 9.84 Å². The van der Waals surface area contributed by atoms with Gasteiger partial charge in [-0.1, -0.05) is 27.2 Å². The van der Waals surface area contributed by atoms with Crippen molar-refractivity contribution in [3.63, 3.8) is 0 Å². The van der Waals surface area contributed by atoms with Gasteiger partial charge in [0.1, 0.15) is 0 Å². The second-order valence-corrected chi connectivity index (χ2v) is 7.25. The van der Waals surface area contributed by atoms with E-state index in [2.05, 4.69) is 5.32 Å². The Morgan fingerprint density at radius 3 is 2.31 bits per heavy atom. The van der Waals surface area contributed by atoms with Crippen molar-refractivity contribution in [1.29, 1.82) is 0 Å². The standard InChI is InChI=1S/C12H25NO2S/c1-4-10(3)8-16(14,15)9-12(13-5-2)11-6-7-11/h10-13H,4-9H2,1-3H3. The highest BCUT2D eigenvalue weighted by Gasteiger charge is 2.33. The van der Waals surface area contributed by atoms with Crippen LogP contribution in [0.3, 0.4) is 0 Å². The summed E-state index contributed by atoms with van der Waals surface area (Å²) in [4.78, 5) is 0. The SMILES string of the molecule is CCNC(CS(=O)(=O)CC(C)CC)C1CC1. The van der Waals surface area contributed by atoms with Gasteiger partial charge in [0.05, 0.1) is 11.5 Å². The van der Waals surface area contributed by atoms with Gasteiger partial charge in [0.2, 0.25) is 0 Å². The lowest BCUT2D eigenvalue weighted by atomic mass is 10.2. The Hall–Kier alpha value is -0.0900. The largest absolute Gasteiger partial charge is 0.313 e. The average Bonchev–Trinajstić information content (AvgIpc) is 2.99. The summed E-state index contributed by atoms with van der Waals surface area (Å²) in [6.45, 7) is 6.95. The second-order valence-electron chi connectivity index (χ2n) is 5.09. The molecule has 0 saturated heterocycles. The molecule has 0 aliphatic heterocycles. The summed E-state index contributed by atoms with van der Waals surface area (Å²) in [6.07, 6.45) is 3.32. The molecule has 0 aromatic heterocycles. The van der Waals surface area contributed by atoms with E-state index in [0.717, 1.165) is 13.0 Å². The van der Waals surface area contributed by atoms with Crippen LogP contribution in [0.4, 0.5) is 0 Å². The van der Waals surface area contributed by atoms with E-state index in [9.17, 15) is 8.42 Å². The molecule has 1 fully saturated rings. The summed E-state index contributed by atoms with van der Waals surface area (Å²) in [5.74, 6) is 1.56. The third-order valence-corrected chi connectivity index (χ3v) is 5.27. The molecular formula is C12H25NO2S. The van der Waals surface area contributed by atoms with Crippen LogP contribution in [0.15, 0.2) is 0 Å². The van der Waals surface area contributed by atoms with E-state index in [4.69, 9.17) is 0 Å². The van der Waals surface area contributed by atoms with Crippen molar-refractivity contribution in [2.24, 2.45) is 11.8 Å². The van der Waals surface area contributed by atoms with Crippen molar-refractivity contribution in [3.8, 4) is 0 Å². The second kappa shape index (κ2) is 6.01. The van der Waals surface area contributed by atoms with Crippen molar-refractivity contribution >= 4 is 9.84 Å². The fourth-order valence-electron chi connectivity index (χ4n) is 2.02. The molecule has 0 bridgehead atoms. The lowest BCUT2D eigenvalue weighted by molar-refractivity contribution is 0.497. The molecule has 0 aromatic rings. The molecule has 1 saturated carbocycles. The van der Waals surface area contributed by atoms with Gasteiger partial charge in [-0.15, -0.1) is 0 Å². The Morgan fingerprint density at radius 1 is 1.25 bits per heavy atom. The van der Waals surface area contributed by atoms with Crippen LogP contribution in [0.25, 0.3) is 0 Å². The fraction of sp³-hybridized carbons (Fsp3) is 1.00. The van der Waals surface area contributed by atoms with Gasteiger partial charge in [-0.2, -0.15) is 0 Å². The number of hydrogen-bond donors (Lipinski definition) is 1. The molecule has 2 atom stereocenters. The Morgan fingerprint density at radius 2 is 1.88 bits per heavy atom. The maximum Gasteiger partial charge on any atom is 0.152 e. The average molecular weight is 247 g/mol. The summed E-state index contributed by atoms with van der Waals surface area (Å²) in [7, 11) is -2.88. The molecule has 0 aromatic carbocycles. The molecule has 4 heteroatoms. The predicted octanol–water partition coefficient (Wildman–Crippen LogP) is 1.84. The lowest BCUT2D eigenvalue weighted by Crippen LogP contribution is -2.38. The van der Waals surface area contributed by atoms with Gasteiger partial charge in [-0.3, -0.25) is 0 Å². The van der Waals surface area contributed by atoms with Crippen molar-refractivity contribution in [2.75, 3.05) is 18.1 Å². The highest BCUT2D eigenvalue weighted by atomic mass is 32.2. The van der Waals surface area contributed by atoms with E-state index in [1.165, 1.54) is 12.8 Å². The summed E-state index contributed by atoms with van der Waals surface area (Å²) >= 11 is 0. The Kier molecular flexibility index (Phi) is 5.25. The Labute approximate surface area is 99.9 Å². The lowest BCUT2D eigenvalue weighted by Gasteiger charge is -2.18. The summed E-state index contributed by atoms with van der Waals surface area (Å²) in [5, 5.41) is 3.31. The molecule has 0 heterocycles. The molecular weight excluding hydrogens is 222 g/mol. The van der Waals surface area contributed by atoms with Gasteiger partial charge in [0, 0.05) is 6.04 Å². The minimum atomic E-state index is -2.88. The van der Waals surface area contributed by atoms with Crippen LogP contribution < -0.4 is 5.32 Å². The molecule has 0 amide bonds. The van der Waals surface area contributed by atoms with Crippen molar-refractivity contribution < 1.29 is 8.42 Å². The molecule has 2 unspecified atom stereocenters. The first kappa shape index (κ1) is 14.0. The predicted molar refractivity (Wildman–Crippen MR) is 68.3 cm³/mol.